The van der Waals surface area contributed by atoms with E-state index in [-0.39, 0.29) is 6.42 Å². The molecule has 76 valence electrons. The van der Waals surface area contributed by atoms with Crippen LogP contribution in [-0.4, -0.2) is 36.8 Å². The molecule has 1 aliphatic heterocycles. The first-order valence-electron chi connectivity index (χ1n) is 3.92. The zero-order chi connectivity index (χ0) is 10.1. The van der Waals surface area contributed by atoms with Gasteiger partial charge in [-0.15, -0.1) is 0 Å². The molecule has 13 heavy (non-hydrogen) atoms. The van der Waals surface area contributed by atoms with Gasteiger partial charge >= 0.3 is 5.97 Å². The van der Waals surface area contributed by atoms with Crippen LogP contribution < -0.4 is 0 Å². The number of carbonyl (C=O) groups excluding carboxylic acids is 1. The van der Waals surface area contributed by atoms with E-state index in [9.17, 15) is 13.6 Å². The van der Waals surface area contributed by atoms with Gasteiger partial charge < -0.3 is 4.74 Å². The first-order chi connectivity index (χ1) is 5.97. The summed E-state index contributed by atoms with van der Waals surface area (Å²) >= 11 is 0. The average molecular weight is 211 g/mol. The van der Waals surface area contributed by atoms with Crippen molar-refractivity contribution in [2.45, 2.75) is 12.3 Å². The van der Waals surface area contributed by atoms with E-state index >= 15 is 0 Å². The van der Waals surface area contributed by atoms with Gasteiger partial charge in [-0.05, 0) is 6.42 Å². The van der Waals surface area contributed by atoms with Gasteiger partial charge in [-0.2, -0.15) is 0 Å². The van der Waals surface area contributed by atoms with Crippen molar-refractivity contribution in [3.8, 4) is 0 Å². The molecule has 0 aliphatic carbocycles. The van der Waals surface area contributed by atoms with E-state index in [0.717, 1.165) is 7.11 Å². The maximum Gasteiger partial charge on any atom is 0.314 e. The summed E-state index contributed by atoms with van der Waals surface area (Å²) in [7, 11) is 3.34. The van der Waals surface area contributed by atoms with Crippen molar-refractivity contribution in [1.82, 2.24) is 4.67 Å². The van der Waals surface area contributed by atoms with Crippen LogP contribution in [0.25, 0.3) is 0 Å². The summed E-state index contributed by atoms with van der Waals surface area (Å²) in [5.74, 6) is -5.08. The summed E-state index contributed by atoms with van der Waals surface area (Å²) in [5, 5.41) is 0. The lowest BCUT2D eigenvalue weighted by Crippen LogP contribution is -2.48. The minimum Gasteiger partial charge on any atom is -0.469 e. The molecule has 0 N–H and O–H groups in total. The van der Waals surface area contributed by atoms with Crippen molar-refractivity contribution in [1.29, 1.82) is 0 Å². The molecule has 6 heteroatoms. The van der Waals surface area contributed by atoms with Gasteiger partial charge in [-0.3, -0.25) is 9.46 Å². The van der Waals surface area contributed by atoms with Crippen LogP contribution in [0.2, 0.25) is 0 Å². The first-order valence-corrected chi connectivity index (χ1v) is 4.44. The van der Waals surface area contributed by atoms with Crippen LogP contribution in [-0.2, 0) is 9.53 Å². The molecule has 1 heterocycles. The lowest BCUT2D eigenvalue weighted by molar-refractivity contribution is -0.166. The second-order valence-corrected chi connectivity index (χ2v) is 3.83. The van der Waals surface area contributed by atoms with Gasteiger partial charge in [-0.1, -0.05) is 9.39 Å². The van der Waals surface area contributed by atoms with Crippen LogP contribution in [0.15, 0.2) is 0 Å². The number of halogens is 2. The van der Waals surface area contributed by atoms with Gasteiger partial charge in [0.25, 0.3) is 5.92 Å². The number of rotatable bonds is 1. The lowest BCUT2D eigenvalue weighted by atomic mass is 9.94. The van der Waals surface area contributed by atoms with Crippen LogP contribution in [0, 0.1) is 5.92 Å². The molecule has 1 fully saturated rings. The number of alkyl halides is 2. The molecule has 2 unspecified atom stereocenters. The highest BCUT2D eigenvalue weighted by atomic mass is 31.0. The normalized spacial score (nSPS) is 28.5. The largest absolute Gasteiger partial charge is 0.469 e. The molecule has 2 atom stereocenters. The highest BCUT2D eigenvalue weighted by molar-refractivity contribution is 7.13. The molecule has 0 aromatic rings. The monoisotopic (exact) mass is 211 g/mol. The molecular formula is C7H12F2NO2P. The molecule has 3 nitrogen and oxygen atoms in total. The zero-order valence-electron chi connectivity index (χ0n) is 7.30. The number of piperidine rings is 1. The van der Waals surface area contributed by atoms with Crippen LogP contribution in [0.5, 0.6) is 0 Å². The zero-order valence-corrected chi connectivity index (χ0v) is 8.45. The summed E-state index contributed by atoms with van der Waals surface area (Å²) < 4.78 is 32.1. The van der Waals surface area contributed by atoms with E-state index in [1.165, 1.54) is 4.67 Å². The number of carbonyl (C=O) groups is 1. The van der Waals surface area contributed by atoms with Gasteiger partial charge in [0, 0.05) is 6.54 Å². The molecule has 1 rings (SSSR count). The third kappa shape index (κ3) is 2.35. The predicted octanol–water partition coefficient (Wildman–Crippen LogP) is 0.907. The first kappa shape index (κ1) is 10.8. The third-order valence-corrected chi connectivity index (χ3v) is 2.56. The molecule has 0 spiro atoms. The Hall–Kier alpha value is -0.280. The Morgan fingerprint density at radius 2 is 2.31 bits per heavy atom. The molecule has 0 aromatic heterocycles. The third-order valence-electron chi connectivity index (χ3n) is 2.11. The van der Waals surface area contributed by atoms with Crippen molar-refractivity contribution >= 4 is 15.4 Å². The Morgan fingerprint density at radius 1 is 1.69 bits per heavy atom. The highest BCUT2D eigenvalue weighted by Crippen LogP contribution is 2.34. The number of hydrogen-bond acceptors (Lipinski definition) is 3. The predicted molar refractivity (Wildman–Crippen MR) is 46.4 cm³/mol. The summed E-state index contributed by atoms with van der Waals surface area (Å²) in [5.41, 5.74) is 0. The quantitative estimate of drug-likeness (QED) is 0.477. The standard InChI is InChI=1S/C7H12F2NO2P/c1-12-6(11)5-2-3-10(13)4-7(5,8)9/h5H,2-4,13H2,1H3. The van der Waals surface area contributed by atoms with Crippen molar-refractivity contribution in [3.63, 3.8) is 0 Å². The minimum absolute atomic E-state index is 0.142. The Labute approximate surface area is 77.7 Å². The second-order valence-electron chi connectivity index (χ2n) is 3.10. The molecule has 0 amide bonds. The number of ether oxygens (including phenoxy) is 1. The highest BCUT2D eigenvalue weighted by Gasteiger charge is 2.48. The minimum atomic E-state index is -2.98. The summed E-state index contributed by atoms with van der Waals surface area (Å²) in [6.07, 6.45) is 0.142. The fraction of sp³-hybridized carbons (Fsp3) is 0.857. The van der Waals surface area contributed by atoms with Crippen molar-refractivity contribution < 1.29 is 18.3 Å². The van der Waals surface area contributed by atoms with Gasteiger partial charge in [0.2, 0.25) is 0 Å². The van der Waals surface area contributed by atoms with E-state index in [2.05, 4.69) is 14.1 Å². The van der Waals surface area contributed by atoms with Crippen LogP contribution >= 0.6 is 9.39 Å². The maximum atomic E-state index is 13.2. The molecule has 0 bridgehead atoms. The topological polar surface area (TPSA) is 29.5 Å². The van der Waals surface area contributed by atoms with Crippen LogP contribution in [0.1, 0.15) is 6.42 Å². The Morgan fingerprint density at radius 3 is 2.77 bits per heavy atom. The summed E-state index contributed by atoms with van der Waals surface area (Å²) in [4.78, 5) is 11.0. The van der Waals surface area contributed by atoms with Gasteiger partial charge in [0.15, 0.2) is 0 Å². The van der Waals surface area contributed by atoms with E-state index in [1.54, 1.807) is 0 Å². The fourth-order valence-electron chi connectivity index (χ4n) is 1.40. The number of nitrogens with zero attached hydrogens (tertiary/aromatic N) is 1. The molecule has 0 aromatic carbocycles. The SMILES string of the molecule is COC(=O)C1CCN(P)CC1(F)F. The van der Waals surface area contributed by atoms with E-state index in [0.29, 0.717) is 6.54 Å². The van der Waals surface area contributed by atoms with Crippen LogP contribution in [0.3, 0.4) is 0 Å². The Bertz CT molecular complexity index is 213. The molecular weight excluding hydrogens is 199 g/mol. The average Bonchev–Trinajstić information content (AvgIpc) is 2.01. The van der Waals surface area contributed by atoms with Crippen molar-refractivity contribution in [2.24, 2.45) is 5.92 Å². The second kappa shape index (κ2) is 3.84. The van der Waals surface area contributed by atoms with Crippen molar-refractivity contribution in [3.05, 3.63) is 0 Å². The Kier molecular flexibility index (Phi) is 3.19. The summed E-state index contributed by atoms with van der Waals surface area (Å²) in [6, 6.07) is 0. The molecule has 0 radical (unpaired) electrons. The fourth-order valence-corrected chi connectivity index (χ4v) is 1.79. The molecule has 1 saturated heterocycles. The maximum absolute atomic E-state index is 13.2. The molecule has 0 saturated carbocycles. The van der Waals surface area contributed by atoms with E-state index in [4.69, 9.17) is 0 Å². The lowest BCUT2D eigenvalue weighted by Gasteiger charge is -2.34. The van der Waals surface area contributed by atoms with Gasteiger partial charge in [0.1, 0.15) is 5.92 Å². The van der Waals surface area contributed by atoms with Gasteiger partial charge in [0.05, 0.1) is 13.7 Å². The summed E-state index contributed by atoms with van der Waals surface area (Å²) in [6.45, 7) is 0.0669. The number of methoxy groups -OCH3 is 1. The van der Waals surface area contributed by atoms with Gasteiger partial charge in [-0.25, -0.2) is 8.78 Å². The number of hydrogen-bond donors (Lipinski definition) is 0. The van der Waals surface area contributed by atoms with E-state index < -0.39 is 24.4 Å². The van der Waals surface area contributed by atoms with Crippen LogP contribution in [0.4, 0.5) is 8.78 Å². The number of esters is 1. The Balaban J connectivity index is 2.69. The molecule has 1 aliphatic rings. The smallest absolute Gasteiger partial charge is 0.314 e. The van der Waals surface area contributed by atoms with E-state index in [1.807, 2.05) is 0 Å². The van der Waals surface area contributed by atoms with Crippen molar-refractivity contribution in [2.75, 3.05) is 20.2 Å².